The van der Waals surface area contributed by atoms with Gasteiger partial charge in [0.1, 0.15) is 11.7 Å². The minimum atomic E-state index is -0.791. The molecule has 0 saturated carbocycles. The zero-order chi connectivity index (χ0) is 25.2. The van der Waals surface area contributed by atoms with Gasteiger partial charge in [-0.2, -0.15) is 5.10 Å². The van der Waals surface area contributed by atoms with Crippen LogP contribution in [-0.4, -0.2) is 27.6 Å². The number of nitrogens with one attached hydrogen (secondary N) is 1. The molecule has 1 aliphatic rings. The maximum Gasteiger partial charge on any atom is 0.278 e. The second-order valence-electron chi connectivity index (χ2n) is 9.23. The van der Waals surface area contributed by atoms with Crippen LogP contribution in [-0.2, 0) is 17.8 Å². The number of benzene rings is 4. The Morgan fingerprint density at radius 2 is 1.35 bits per heavy atom. The van der Waals surface area contributed by atoms with Gasteiger partial charge in [0.15, 0.2) is 0 Å². The normalized spacial score (nSPS) is 17.0. The number of hydrogen-bond acceptors (Lipinski definition) is 3. The van der Waals surface area contributed by atoms with E-state index in [9.17, 15) is 9.59 Å². The van der Waals surface area contributed by atoms with Gasteiger partial charge >= 0.3 is 0 Å². The molecule has 1 aliphatic heterocycles. The first kappa shape index (κ1) is 22.7. The van der Waals surface area contributed by atoms with Gasteiger partial charge in [0, 0.05) is 17.6 Å². The third kappa shape index (κ3) is 4.27. The topological polar surface area (TPSA) is 67.2 Å². The lowest BCUT2D eigenvalue weighted by molar-refractivity contribution is -0.123. The van der Waals surface area contributed by atoms with Crippen LogP contribution in [0.25, 0.3) is 10.9 Å². The number of fused-ring (bicyclic) bond motifs is 3. The molecule has 2 amide bonds. The number of hydrogen-bond donors (Lipinski definition) is 1. The number of carbonyl (C=O) groups excluding carboxylic acids is 2. The molecule has 6 rings (SSSR count). The van der Waals surface area contributed by atoms with Crippen molar-refractivity contribution in [2.45, 2.75) is 25.0 Å². The van der Waals surface area contributed by atoms with Gasteiger partial charge in [0.25, 0.3) is 5.91 Å². The van der Waals surface area contributed by atoms with Crippen LogP contribution < -0.4 is 10.2 Å². The predicted molar refractivity (Wildman–Crippen MR) is 144 cm³/mol. The molecule has 1 N–H and O–H groups in total. The lowest BCUT2D eigenvalue weighted by atomic mass is 9.93. The standard InChI is InChI=1S/C31H26N4O2/c36-30(32-21-23-14-6-2-7-15-23)29-27(20-22-12-4-1-5-13-22)35-28(25-18-10-11-19-26(25)33-35)31(37)34(29)24-16-8-3-9-17-24/h1-19,27,29H,20-21H2,(H,32,36). The Balaban J connectivity index is 1.49. The summed E-state index contributed by atoms with van der Waals surface area (Å²) in [6.07, 6.45) is 0.544. The molecule has 5 aromatic rings. The fourth-order valence-corrected chi connectivity index (χ4v) is 5.15. The number of rotatable bonds is 6. The van der Waals surface area contributed by atoms with Crippen LogP contribution in [0, 0.1) is 0 Å². The number of carbonyl (C=O) groups is 2. The van der Waals surface area contributed by atoms with Crippen LogP contribution >= 0.6 is 0 Å². The molecular weight excluding hydrogens is 460 g/mol. The first-order chi connectivity index (χ1) is 18.2. The molecular formula is C31H26N4O2. The van der Waals surface area contributed by atoms with E-state index in [0.717, 1.165) is 22.0 Å². The summed E-state index contributed by atoms with van der Waals surface area (Å²) in [5.41, 5.74) is 3.99. The summed E-state index contributed by atoms with van der Waals surface area (Å²) in [5.74, 6) is -0.448. The van der Waals surface area contributed by atoms with E-state index in [4.69, 9.17) is 5.10 Å². The van der Waals surface area contributed by atoms with E-state index in [1.54, 1.807) is 9.58 Å². The Morgan fingerprint density at radius 1 is 0.757 bits per heavy atom. The number of aromatic nitrogens is 2. The van der Waals surface area contributed by atoms with Crippen LogP contribution in [0.5, 0.6) is 0 Å². The molecule has 0 aliphatic carbocycles. The summed E-state index contributed by atoms with van der Waals surface area (Å²) in [7, 11) is 0. The van der Waals surface area contributed by atoms with Crippen molar-refractivity contribution in [3.8, 4) is 0 Å². The van der Waals surface area contributed by atoms with Crippen LogP contribution in [0.3, 0.4) is 0 Å². The quantitative estimate of drug-likeness (QED) is 0.360. The third-order valence-corrected chi connectivity index (χ3v) is 6.88. The Bertz CT molecular complexity index is 1550. The van der Waals surface area contributed by atoms with Gasteiger partial charge < -0.3 is 5.32 Å². The molecule has 2 atom stereocenters. The number of amides is 2. The molecule has 0 spiro atoms. The number of anilines is 1. The van der Waals surface area contributed by atoms with Crippen molar-refractivity contribution in [2.75, 3.05) is 4.90 Å². The van der Waals surface area contributed by atoms with Gasteiger partial charge in [-0.3, -0.25) is 19.2 Å². The largest absolute Gasteiger partial charge is 0.350 e. The molecule has 0 bridgehead atoms. The van der Waals surface area contributed by atoms with Crippen LogP contribution in [0.1, 0.15) is 27.7 Å². The summed E-state index contributed by atoms with van der Waals surface area (Å²) in [5, 5.41) is 8.73. The highest BCUT2D eigenvalue weighted by Crippen LogP contribution is 2.36. The average Bonchev–Trinajstić information content (AvgIpc) is 3.35. The van der Waals surface area contributed by atoms with Gasteiger partial charge in [-0.15, -0.1) is 0 Å². The molecule has 4 aromatic carbocycles. The lowest BCUT2D eigenvalue weighted by Crippen LogP contribution is -2.58. The smallest absolute Gasteiger partial charge is 0.278 e. The van der Waals surface area contributed by atoms with E-state index in [-0.39, 0.29) is 11.8 Å². The van der Waals surface area contributed by atoms with Crippen molar-refractivity contribution in [1.29, 1.82) is 0 Å². The summed E-state index contributed by atoms with van der Waals surface area (Å²) in [6, 6.07) is 35.7. The highest BCUT2D eigenvalue weighted by molar-refractivity contribution is 6.16. The molecule has 1 aromatic heterocycles. The highest BCUT2D eigenvalue weighted by Gasteiger charge is 2.46. The fourth-order valence-electron chi connectivity index (χ4n) is 5.15. The molecule has 2 heterocycles. The molecule has 0 fully saturated rings. The van der Waals surface area contributed by atoms with Crippen molar-refractivity contribution in [1.82, 2.24) is 15.1 Å². The van der Waals surface area contributed by atoms with Crippen LogP contribution in [0.4, 0.5) is 5.69 Å². The van der Waals surface area contributed by atoms with E-state index in [2.05, 4.69) is 5.32 Å². The molecule has 0 saturated heterocycles. The Labute approximate surface area is 215 Å². The summed E-state index contributed by atoms with van der Waals surface area (Å²) in [6.45, 7) is 0.374. The zero-order valence-electron chi connectivity index (χ0n) is 20.2. The summed E-state index contributed by atoms with van der Waals surface area (Å²) < 4.78 is 1.78. The van der Waals surface area contributed by atoms with Gasteiger partial charge in [0.2, 0.25) is 5.91 Å². The SMILES string of the molecule is O=C(NCc1ccccc1)C1C(Cc2ccccc2)n2nc3ccccc3c2C(=O)N1c1ccccc1. The molecule has 182 valence electrons. The van der Waals surface area contributed by atoms with E-state index < -0.39 is 12.1 Å². The monoisotopic (exact) mass is 486 g/mol. The van der Waals surface area contributed by atoms with Crippen molar-refractivity contribution in [2.24, 2.45) is 0 Å². The highest BCUT2D eigenvalue weighted by atomic mass is 16.2. The average molecular weight is 487 g/mol. The fraction of sp³-hybridized carbons (Fsp3) is 0.129. The Hall–Kier alpha value is -4.71. The maximum absolute atomic E-state index is 14.2. The van der Waals surface area contributed by atoms with Crippen LogP contribution in [0.15, 0.2) is 115 Å². The zero-order valence-corrected chi connectivity index (χ0v) is 20.2. The van der Waals surface area contributed by atoms with Crippen molar-refractivity contribution >= 4 is 28.4 Å². The third-order valence-electron chi connectivity index (χ3n) is 6.88. The molecule has 37 heavy (non-hydrogen) atoms. The second-order valence-corrected chi connectivity index (χ2v) is 9.23. The first-order valence-electron chi connectivity index (χ1n) is 12.4. The van der Waals surface area contributed by atoms with Gasteiger partial charge in [-0.05, 0) is 35.7 Å². The van der Waals surface area contributed by atoms with Crippen LogP contribution in [0.2, 0.25) is 0 Å². The predicted octanol–water partition coefficient (Wildman–Crippen LogP) is 5.17. The van der Waals surface area contributed by atoms with Gasteiger partial charge in [-0.1, -0.05) is 97.1 Å². The van der Waals surface area contributed by atoms with Gasteiger partial charge in [0.05, 0.1) is 11.6 Å². The Morgan fingerprint density at radius 3 is 2.05 bits per heavy atom. The van der Waals surface area contributed by atoms with Gasteiger partial charge in [-0.25, -0.2) is 0 Å². The number of nitrogens with zero attached hydrogens (tertiary/aromatic N) is 3. The van der Waals surface area contributed by atoms with E-state index in [1.165, 1.54) is 0 Å². The molecule has 2 unspecified atom stereocenters. The molecule has 0 radical (unpaired) electrons. The maximum atomic E-state index is 14.2. The van der Waals surface area contributed by atoms with Crippen molar-refractivity contribution < 1.29 is 9.59 Å². The molecule has 6 nitrogen and oxygen atoms in total. The second kappa shape index (κ2) is 9.74. The summed E-state index contributed by atoms with van der Waals surface area (Å²) in [4.78, 5) is 29.8. The Kier molecular flexibility index (Phi) is 5.98. The van der Waals surface area contributed by atoms with Crippen molar-refractivity contribution in [3.05, 3.63) is 132 Å². The minimum Gasteiger partial charge on any atom is -0.350 e. The van der Waals surface area contributed by atoms with Crippen molar-refractivity contribution in [3.63, 3.8) is 0 Å². The van der Waals surface area contributed by atoms with E-state index >= 15 is 0 Å². The number of para-hydroxylation sites is 1. The van der Waals surface area contributed by atoms with E-state index in [1.807, 2.05) is 115 Å². The molecule has 6 heteroatoms. The van der Waals surface area contributed by atoms with E-state index in [0.29, 0.717) is 24.3 Å². The summed E-state index contributed by atoms with van der Waals surface area (Å²) >= 11 is 0. The minimum absolute atomic E-state index is 0.216. The lowest BCUT2D eigenvalue weighted by Gasteiger charge is -2.40. The first-order valence-corrected chi connectivity index (χ1v) is 12.4.